The highest BCUT2D eigenvalue weighted by Crippen LogP contribution is 2.44. The monoisotopic (exact) mass is 390 g/mol. The first kappa shape index (κ1) is 19.2. The van der Waals surface area contributed by atoms with Crippen molar-refractivity contribution in [2.45, 2.75) is 39.0 Å². The molecule has 2 aliphatic rings. The van der Waals surface area contributed by atoms with E-state index in [0.29, 0.717) is 41.1 Å². The summed E-state index contributed by atoms with van der Waals surface area (Å²) in [5.41, 5.74) is 3.81. The van der Waals surface area contributed by atoms with Crippen LogP contribution in [0.15, 0.2) is 64.8 Å². The fourth-order valence-electron chi connectivity index (χ4n) is 4.33. The normalized spacial score (nSPS) is 21.5. The predicted molar refractivity (Wildman–Crippen MR) is 111 cm³/mol. The molecule has 29 heavy (non-hydrogen) atoms. The van der Waals surface area contributed by atoms with Crippen molar-refractivity contribution in [1.82, 2.24) is 0 Å². The number of anilines is 1. The van der Waals surface area contributed by atoms with Gasteiger partial charge in [0.05, 0.1) is 5.92 Å². The number of nitrogens with one attached hydrogen (secondary N) is 1. The minimum Gasteiger partial charge on any atom is -0.325 e. The summed E-state index contributed by atoms with van der Waals surface area (Å²) in [6.07, 6.45) is 1.82. The summed E-state index contributed by atoms with van der Waals surface area (Å²) in [4.78, 5) is 30.8. The molecule has 2 aromatic rings. The van der Waals surface area contributed by atoms with E-state index in [1.165, 1.54) is 6.07 Å². The van der Waals surface area contributed by atoms with Gasteiger partial charge in [-0.25, -0.2) is 4.39 Å². The Morgan fingerprint density at radius 3 is 2.55 bits per heavy atom. The predicted octanol–water partition coefficient (Wildman–Crippen LogP) is 4.95. The Labute approximate surface area is 169 Å². The number of aliphatic imine (C=N–C) groups is 1. The molecule has 2 atom stereocenters. The van der Waals surface area contributed by atoms with Crippen LogP contribution in [-0.4, -0.2) is 17.4 Å². The molecule has 1 aliphatic carbocycles. The Kier molecular flexibility index (Phi) is 5.14. The maximum Gasteiger partial charge on any atom is 0.234 e. The van der Waals surface area contributed by atoms with Crippen molar-refractivity contribution in [1.29, 1.82) is 0 Å². The van der Waals surface area contributed by atoms with Crippen molar-refractivity contribution in [3.05, 3.63) is 76.7 Å². The average molecular weight is 390 g/mol. The van der Waals surface area contributed by atoms with E-state index in [4.69, 9.17) is 0 Å². The highest BCUT2D eigenvalue weighted by molar-refractivity contribution is 6.13. The van der Waals surface area contributed by atoms with Crippen LogP contribution in [0.25, 0.3) is 0 Å². The zero-order chi connectivity index (χ0) is 20.5. The number of benzene rings is 2. The number of hydrogen-bond donors (Lipinski definition) is 1. The summed E-state index contributed by atoms with van der Waals surface area (Å²) in [5, 5.41) is 2.96. The Hall–Kier alpha value is -3.08. The zero-order valence-electron chi connectivity index (χ0n) is 16.5. The lowest BCUT2D eigenvalue weighted by Crippen LogP contribution is -2.39. The van der Waals surface area contributed by atoms with Crippen LogP contribution in [0.5, 0.6) is 0 Å². The minimum atomic E-state index is -0.743. The highest BCUT2D eigenvalue weighted by atomic mass is 19.1. The lowest BCUT2D eigenvalue weighted by molar-refractivity contribution is -0.119. The molecule has 1 unspecified atom stereocenters. The van der Waals surface area contributed by atoms with Gasteiger partial charge in [-0.2, -0.15) is 0 Å². The van der Waals surface area contributed by atoms with Gasteiger partial charge in [0.1, 0.15) is 5.82 Å². The van der Waals surface area contributed by atoms with Crippen LogP contribution in [0.4, 0.5) is 10.1 Å². The molecule has 0 bridgehead atoms. The van der Waals surface area contributed by atoms with Crippen molar-refractivity contribution in [2.75, 3.05) is 5.32 Å². The molecular weight excluding hydrogens is 367 g/mol. The Morgan fingerprint density at radius 1 is 1.07 bits per heavy atom. The van der Waals surface area contributed by atoms with Gasteiger partial charge in [-0.1, -0.05) is 36.4 Å². The topological polar surface area (TPSA) is 58.5 Å². The molecule has 5 heteroatoms. The van der Waals surface area contributed by atoms with Crippen molar-refractivity contribution in [3.8, 4) is 0 Å². The van der Waals surface area contributed by atoms with Gasteiger partial charge in [-0.15, -0.1) is 0 Å². The van der Waals surface area contributed by atoms with Gasteiger partial charge in [-0.3, -0.25) is 14.6 Å². The summed E-state index contributed by atoms with van der Waals surface area (Å²) < 4.78 is 14.8. The number of carbonyl (C=O) groups excluding carboxylic acids is 2. The number of allylic oxidation sites excluding steroid dienone is 2. The molecule has 1 N–H and O–H groups in total. The van der Waals surface area contributed by atoms with E-state index in [1.807, 2.05) is 31.2 Å². The van der Waals surface area contributed by atoms with Gasteiger partial charge in [0.15, 0.2) is 5.78 Å². The minimum absolute atomic E-state index is 0.0376. The maximum absolute atomic E-state index is 14.8. The highest BCUT2D eigenvalue weighted by Gasteiger charge is 2.43. The van der Waals surface area contributed by atoms with Crippen molar-refractivity contribution in [2.24, 2.45) is 10.9 Å². The Morgan fingerprint density at radius 2 is 1.79 bits per heavy atom. The average Bonchev–Trinajstić information content (AvgIpc) is 2.69. The molecule has 2 aromatic carbocycles. The first-order valence-electron chi connectivity index (χ1n) is 9.89. The van der Waals surface area contributed by atoms with Gasteiger partial charge in [-0.05, 0) is 49.9 Å². The third kappa shape index (κ3) is 3.53. The van der Waals surface area contributed by atoms with Crippen LogP contribution in [0.2, 0.25) is 0 Å². The number of amides is 1. The van der Waals surface area contributed by atoms with Crippen LogP contribution in [0.3, 0.4) is 0 Å². The number of carbonyl (C=O) groups is 2. The van der Waals surface area contributed by atoms with E-state index in [9.17, 15) is 14.0 Å². The molecule has 4 nitrogen and oxygen atoms in total. The van der Waals surface area contributed by atoms with Crippen molar-refractivity contribution >= 4 is 23.1 Å². The van der Waals surface area contributed by atoms with E-state index in [1.54, 1.807) is 25.1 Å². The number of para-hydroxylation sites is 1. The lowest BCUT2D eigenvalue weighted by atomic mass is 9.71. The van der Waals surface area contributed by atoms with E-state index in [0.717, 1.165) is 12.0 Å². The first-order chi connectivity index (χ1) is 14.0. The molecule has 1 heterocycles. The smallest absolute Gasteiger partial charge is 0.234 e. The molecule has 0 radical (unpaired) electrons. The SMILES string of the molecule is CC1=NC2=C(C(=O)CCC2)[C@@H](c2ccccc2F)C1C(=O)Nc1ccccc1C. The molecule has 0 fully saturated rings. The molecular formula is C24H23FN2O2. The van der Waals surface area contributed by atoms with Gasteiger partial charge in [0.2, 0.25) is 5.91 Å². The second-order valence-corrected chi connectivity index (χ2v) is 7.67. The molecule has 148 valence electrons. The van der Waals surface area contributed by atoms with Crippen LogP contribution >= 0.6 is 0 Å². The van der Waals surface area contributed by atoms with E-state index < -0.39 is 17.7 Å². The van der Waals surface area contributed by atoms with E-state index in [2.05, 4.69) is 10.3 Å². The third-order valence-corrected chi connectivity index (χ3v) is 5.76. The van der Waals surface area contributed by atoms with Crippen molar-refractivity contribution < 1.29 is 14.0 Å². The molecule has 0 saturated carbocycles. The number of hydrogen-bond acceptors (Lipinski definition) is 3. The van der Waals surface area contributed by atoms with Gasteiger partial charge < -0.3 is 5.32 Å². The van der Waals surface area contributed by atoms with Crippen LogP contribution in [-0.2, 0) is 9.59 Å². The van der Waals surface area contributed by atoms with Crippen LogP contribution < -0.4 is 5.32 Å². The number of ketones is 1. The number of nitrogens with zero attached hydrogens (tertiary/aromatic N) is 1. The van der Waals surface area contributed by atoms with Gasteiger partial charge in [0, 0.05) is 35.0 Å². The number of aryl methyl sites for hydroxylation is 1. The second-order valence-electron chi connectivity index (χ2n) is 7.67. The number of Topliss-reactive ketones (excluding diaryl/α,β-unsaturated/α-hetero) is 1. The summed E-state index contributed by atoms with van der Waals surface area (Å²) in [7, 11) is 0. The summed E-state index contributed by atoms with van der Waals surface area (Å²) in [5.74, 6) is -2.14. The third-order valence-electron chi connectivity index (χ3n) is 5.76. The molecule has 1 amide bonds. The Bertz CT molecular complexity index is 1050. The maximum atomic E-state index is 14.8. The fourth-order valence-corrected chi connectivity index (χ4v) is 4.33. The molecule has 0 saturated heterocycles. The molecule has 0 spiro atoms. The summed E-state index contributed by atoms with van der Waals surface area (Å²) in [6, 6.07) is 13.9. The van der Waals surface area contributed by atoms with Gasteiger partial charge in [0.25, 0.3) is 0 Å². The summed E-state index contributed by atoms with van der Waals surface area (Å²) in [6.45, 7) is 3.70. The van der Waals surface area contributed by atoms with Crippen molar-refractivity contribution in [3.63, 3.8) is 0 Å². The molecule has 1 aliphatic heterocycles. The molecule has 0 aromatic heterocycles. The Balaban J connectivity index is 1.81. The second kappa shape index (κ2) is 7.74. The standard InChI is InChI=1S/C24H23FN2O2/c1-14-8-3-6-11-18(14)27-24(29)21-15(2)26-19-12-7-13-20(28)23(19)22(21)16-9-4-5-10-17(16)25/h3-6,8-11,21-22H,7,12-13H2,1-2H3,(H,27,29)/t21?,22-/m0/s1. The summed E-state index contributed by atoms with van der Waals surface area (Å²) >= 11 is 0. The molecule has 4 rings (SSSR count). The largest absolute Gasteiger partial charge is 0.325 e. The quantitative estimate of drug-likeness (QED) is 0.806. The van der Waals surface area contributed by atoms with Gasteiger partial charge >= 0.3 is 0 Å². The van der Waals surface area contributed by atoms with E-state index in [-0.39, 0.29) is 11.7 Å². The van der Waals surface area contributed by atoms with Crippen LogP contribution in [0.1, 0.15) is 43.2 Å². The fraction of sp³-hybridized carbons (Fsp3) is 0.292. The van der Waals surface area contributed by atoms with E-state index >= 15 is 0 Å². The number of rotatable bonds is 3. The first-order valence-corrected chi connectivity index (χ1v) is 9.89. The lowest BCUT2D eigenvalue weighted by Gasteiger charge is -2.35. The van der Waals surface area contributed by atoms with Crippen LogP contribution in [0, 0.1) is 18.7 Å². The zero-order valence-corrected chi connectivity index (χ0v) is 16.5. The number of halogens is 1.